The molecular weight excluding hydrogens is 250 g/mol. The van der Waals surface area contributed by atoms with Gasteiger partial charge in [-0.2, -0.15) is 0 Å². The van der Waals surface area contributed by atoms with Crippen LogP contribution in [-0.4, -0.2) is 31.9 Å². The Morgan fingerprint density at radius 2 is 1.83 bits per heavy atom. The van der Waals surface area contributed by atoms with Crippen molar-refractivity contribution in [3.05, 3.63) is 0 Å². The predicted octanol–water partition coefficient (Wildman–Crippen LogP) is 1.89. The van der Waals surface area contributed by atoms with E-state index in [0.717, 1.165) is 25.7 Å². The SMILES string of the molecule is CC(C)(C)CCS(=O)(=O)NC1CCCCC1CO. The maximum absolute atomic E-state index is 12.0. The van der Waals surface area contributed by atoms with Gasteiger partial charge in [0.15, 0.2) is 0 Å². The second-order valence-electron chi connectivity index (χ2n) is 6.58. The average Bonchev–Trinajstić information content (AvgIpc) is 2.26. The van der Waals surface area contributed by atoms with Gasteiger partial charge in [-0.15, -0.1) is 0 Å². The van der Waals surface area contributed by atoms with Crippen LogP contribution in [0.25, 0.3) is 0 Å². The number of aliphatic hydroxyl groups is 1. The monoisotopic (exact) mass is 277 g/mol. The summed E-state index contributed by atoms with van der Waals surface area (Å²) >= 11 is 0. The molecule has 0 aromatic heterocycles. The van der Waals surface area contributed by atoms with E-state index in [1.54, 1.807) is 0 Å². The van der Waals surface area contributed by atoms with Crippen LogP contribution in [0.3, 0.4) is 0 Å². The molecular formula is C13H27NO3S. The highest BCUT2D eigenvalue weighted by atomic mass is 32.2. The minimum absolute atomic E-state index is 0.0255. The van der Waals surface area contributed by atoms with Gasteiger partial charge in [0.05, 0.1) is 5.75 Å². The van der Waals surface area contributed by atoms with E-state index in [0.29, 0.717) is 6.42 Å². The first-order chi connectivity index (χ1) is 8.23. The van der Waals surface area contributed by atoms with Crippen LogP contribution in [0, 0.1) is 11.3 Å². The maximum atomic E-state index is 12.0. The average molecular weight is 277 g/mol. The zero-order valence-electron chi connectivity index (χ0n) is 11.8. The highest BCUT2D eigenvalue weighted by Crippen LogP contribution is 2.25. The van der Waals surface area contributed by atoms with Gasteiger partial charge in [0.25, 0.3) is 0 Å². The quantitative estimate of drug-likeness (QED) is 0.806. The Bertz CT molecular complexity index is 346. The van der Waals surface area contributed by atoms with Gasteiger partial charge in [0.1, 0.15) is 0 Å². The smallest absolute Gasteiger partial charge is 0.211 e. The van der Waals surface area contributed by atoms with Crippen LogP contribution in [-0.2, 0) is 10.0 Å². The third kappa shape index (κ3) is 5.67. The van der Waals surface area contributed by atoms with Crippen molar-refractivity contribution in [1.29, 1.82) is 0 Å². The van der Waals surface area contributed by atoms with Crippen LogP contribution in [0.5, 0.6) is 0 Å². The first-order valence-electron chi connectivity index (χ1n) is 6.84. The fourth-order valence-corrected chi connectivity index (χ4v) is 4.08. The van der Waals surface area contributed by atoms with Gasteiger partial charge in [-0.25, -0.2) is 13.1 Å². The Morgan fingerprint density at radius 1 is 1.22 bits per heavy atom. The van der Waals surface area contributed by atoms with Gasteiger partial charge in [-0.05, 0) is 30.6 Å². The molecule has 5 heteroatoms. The molecule has 0 aromatic rings. The molecule has 0 spiro atoms. The molecule has 0 saturated heterocycles. The summed E-state index contributed by atoms with van der Waals surface area (Å²) in [6.07, 6.45) is 4.55. The van der Waals surface area contributed by atoms with E-state index >= 15 is 0 Å². The van der Waals surface area contributed by atoms with Crippen molar-refractivity contribution in [1.82, 2.24) is 4.72 Å². The van der Waals surface area contributed by atoms with Crippen LogP contribution >= 0.6 is 0 Å². The van der Waals surface area contributed by atoms with E-state index in [4.69, 9.17) is 0 Å². The second kappa shape index (κ2) is 6.35. The fraction of sp³-hybridized carbons (Fsp3) is 1.00. The first-order valence-corrected chi connectivity index (χ1v) is 8.49. The second-order valence-corrected chi connectivity index (χ2v) is 8.45. The Labute approximate surface area is 111 Å². The molecule has 1 fully saturated rings. The van der Waals surface area contributed by atoms with Crippen molar-refractivity contribution in [3.63, 3.8) is 0 Å². The van der Waals surface area contributed by atoms with Crippen LogP contribution < -0.4 is 4.72 Å². The van der Waals surface area contributed by atoms with Crippen molar-refractivity contribution in [3.8, 4) is 0 Å². The third-order valence-corrected chi connectivity index (χ3v) is 5.00. The highest BCUT2D eigenvalue weighted by molar-refractivity contribution is 7.89. The van der Waals surface area contributed by atoms with E-state index < -0.39 is 10.0 Å². The highest BCUT2D eigenvalue weighted by Gasteiger charge is 2.28. The lowest BCUT2D eigenvalue weighted by molar-refractivity contribution is 0.164. The summed E-state index contributed by atoms with van der Waals surface area (Å²) in [5.74, 6) is 0.258. The van der Waals surface area contributed by atoms with E-state index in [2.05, 4.69) is 4.72 Å². The summed E-state index contributed by atoms with van der Waals surface area (Å²) in [5.41, 5.74) is 0.0255. The van der Waals surface area contributed by atoms with Crippen LogP contribution in [0.15, 0.2) is 0 Å². The van der Waals surface area contributed by atoms with Crippen molar-refractivity contribution < 1.29 is 13.5 Å². The van der Waals surface area contributed by atoms with Gasteiger partial charge in [0, 0.05) is 12.6 Å². The topological polar surface area (TPSA) is 66.4 Å². The maximum Gasteiger partial charge on any atom is 0.211 e. The molecule has 1 saturated carbocycles. The lowest BCUT2D eigenvalue weighted by Crippen LogP contribution is -2.44. The summed E-state index contributed by atoms with van der Waals surface area (Å²) < 4.78 is 26.8. The molecule has 0 aliphatic heterocycles. The van der Waals surface area contributed by atoms with E-state index in [1.165, 1.54) is 0 Å². The van der Waals surface area contributed by atoms with Crippen molar-refractivity contribution >= 4 is 10.0 Å². The summed E-state index contributed by atoms with van der Waals surface area (Å²) in [6.45, 7) is 6.20. The number of hydrogen-bond donors (Lipinski definition) is 2. The molecule has 18 heavy (non-hydrogen) atoms. The standard InChI is InChI=1S/C13H27NO3S/c1-13(2,3)8-9-18(16,17)14-12-7-5-4-6-11(12)10-15/h11-12,14-15H,4-10H2,1-3H3. The Hall–Kier alpha value is -0.130. The lowest BCUT2D eigenvalue weighted by atomic mass is 9.86. The van der Waals surface area contributed by atoms with Gasteiger partial charge in [-0.3, -0.25) is 0 Å². The van der Waals surface area contributed by atoms with Gasteiger partial charge >= 0.3 is 0 Å². The van der Waals surface area contributed by atoms with E-state index in [9.17, 15) is 13.5 Å². The molecule has 0 heterocycles. The van der Waals surface area contributed by atoms with Crippen molar-refractivity contribution in [2.24, 2.45) is 11.3 Å². The number of rotatable bonds is 5. The minimum Gasteiger partial charge on any atom is -0.396 e. The molecule has 2 unspecified atom stereocenters. The molecule has 0 amide bonds. The summed E-state index contributed by atoms with van der Waals surface area (Å²) in [5, 5.41) is 9.28. The van der Waals surface area contributed by atoms with E-state index in [-0.39, 0.29) is 29.7 Å². The van der Waals surface area contributed by atoms with Gasteiger partial charge in [0.2, 0.25) is 10.0 Å². The molecule has 1 rings (SSSR count). The first kappa shape index (κ1) is 15.9. The normalized spacial score (nSPS) is 26.2. The molecule has 0 bridgehead atoms. The molecule has 2 atom stereocenters. The Kier molecular flexibility index (Phi) is 5.62. The third-order valence-electron chi connectivity index (χ3n) is 3.60. The van der Waals surface area contributed by atoms with Crippen molar-refractivity contribution in [2.75, 3.05) is 12.4 Å². The molecule has 4 nitrogen and oxygen atoms in total. The summed E-state index contributed by atoms with van der Waals surface area (Å²) in [4.78, 5) is 0. The largest absolute Gasteiger partial charge is 0.396 e. The molecule has 0 radical (unpaired) electrons. The molecule has 108 valence electrons. The van der Waals surface area contributed by atoms with Crippen LogP contribution in [0.2, 0.25) is 0 Å². The molecule has 0 aromatic carbocycles. The van der Waals surface area contributed by atoms with Gasteiger partial charge in [-0.1, -0.05) is 33.6 Å². The zero-order valence-corrected chi connectivity index (χ0v) is 12.6. The molecule has 1 aliphatic rings. The predicted molar refractivity (Wildman–Crippen MR) is 73.8 cm³/mol. The van der Waals surface area contributed by atoms with Crippen molar-refractivity contribution in [2.45, 2.75) is 58.9 Å². The number of sulfonamides is 1. The van der Waals surface area contributed by atoms with Crippen LogP contribution in [0.4, 0.5) is 0 Å². The Balaban J connectivity index is 2.53. The lowest BCUT2D eigenvalue weighted by Gasteiger charge is -2.31. The van der Waals surface area contributed by atoms with Crippen LogP contribution in [0.1, 0.15) is 52.9 Å². The zero-order chi connectivity index (χ0) is 13.8. The minimum atomic E-state index is -3.22. The number of hydrogen-bond acceptors (Lipinski definition) is 3. The summed E-state index contributed by atoms with van der Waals surface area (Å²) in [7, 11) is -3.22. The number of nitrogens with one attached hydrogen (secondary N) is 1. The summed E-state index contributed by atoms with van der Waals surface area (Å²) in [6, 6.07) is -0.0753. The number of aliphatic hydroxyl groups excluding tert-OH is 1. The molecule has 1 aliphatic carbocycles. The fourth-order valence-electron chi connectivity index (χ4n) is 2.31. The van der Waals surface area contributed by atoms with Gasteiger partial charge < -0.3 is 5.11 Å². The van der Waals surface area contributed by atoms with E-state index in [1.807, 2.05) is 20.8 Å². The molecule has 2 N–H and O–H groups in total. The Morgan fingerprint density at radius 3 is 2.39 bits per heavy atom.